The number of carbonyl (C=O) groups is 1. The summed E-state index contributed by atoms with van der Waals surface area (Å²) in [7, 11) is 0. The van der Waals surface area contributed by atoms with Gasteiger partial charge in [0.25, 0.3) is 28.1 Å². The molecular formula is C27H21N3O5. The van der Waals surface area contributed by atoms with Crippen molar-refractivity contribution in [1.29, 1.82) is 0 Å². The van der Waals surface area contributed by atoms with Gasteiger partial charge in [-0.15, -0.1) is 0 Å². The zero-order chi connectivity index (χ0) is 25.0. The Balaban J connectivity index is 1.54. The predicted octanol–water partition coefficient (Wildman–Crippen LogP) is 3.04. The van der Waals surface area contributed by atoms with Gasteiger partial charge in [0.15, 0.2) is 0 Å². The number of fused-ring (bicyclic) bond motifs is 2. The third kappa shape index (κ3) is 3.50. The quantitative estimate of drug-likeness (QED) is 0.437. The van der Waals surface area contributed by atoms with E-state index in [2.05, 4.69) is 5.32 Å². The predicted molar refractivity (Wildman–Crippen MR) is 136 cm³/mol. The summed E-state index contributed by atoms with van der Waals surface area (Å²) in [5, 5.41) is 3.19. The Morgan fingerprint density at radius 2 is 1.20 bits per heavy atom. The number of aryl methyl sites for hydroxylation is 1. The molecule has 2 aromatic heterocycles. The smallest absolute Gasteiger partial charge is 0.266 e. The van der Waals surface area contributed by atoms with Crippen molar-refractivity contribution in [2.75, 3.05) is 5.32 Å². The lowest BCUT2D eigenvalue weighted by Gasteiger charge is -2.07. The van der Waals surface area contributed by atoms with Crippen molar-refractivity contribution < 1.29 is 4.79 Å². The first-order chi connectivity index (χ1) is 16.7. The van der Waals surface area contributed by atoms with Crippen LogP contribution in [0, 0.1) is 6.92 Å². The summed E-state index contributed by atoms with van der Waals surface area (Å²) in [6, 6.07) is 15.8. The van der Waals surface area contributed by atoms with E-state index in [4.69, 9.17) is 0 Å². The SMILES string of the molecule is Cc1ccc(C(=O)Nc2ccc(-n3c(=O)c4cc5c(=O)n(C(C)C)c(=O)c5cc4c3=O)cc2)cc1. The van der Waals surface area contributed by atoms with Gasteiger partial charge in [-0.1, -0.05) is 17.7 Å². The number of aromatic nitrogens is 2. The van der Waals surface area contributed by atoms with Crippen LogP contribution in [0.5, 0.6) is 0 Å². The van der Waals surface area contributed by atoms with Gasteiger partial charge < -0.3 is 5.32 Å². The number of carbonyl (C=O) groups excluding carboxylic acids is 1. The molecule has 0 aliphatic carbocycles. The van der Waals surface area contributed by atoms with Gasteiger partial charge in [0.1, 0.15) is 0 Å². The Morgan fingerprint density at radius 1 is 0.714 bits per heavy atom. The number of nitrogens with zero attached hydrogens (tertiary/aromatic N) is 2. The maximum atomic E-state index is 13.1. The summed E-state index contributed by atoms with van der Waals surface area (Å²) in [6.45, 7) is 5.38. The van der Waals surface area contributed by atoms with Crippen LogP contribution in [-0.4, -0.2) is 15.0 Å². The van der Waals surface area contributed by atoms with Gasteiger partial charge in [0, 0.05) is 17.3 Å². The second-order valence-corrected chi connectivity index (χ2v) is 8.83. The molecule has 0 atom stereocenters. The average molecular weight is 467 g/mol. The molecule has 174 valence electrons. The van der Waals surface area contributed by atoms with E-state index in [9.17, 15) is 24.0 Å². The van der Waals surface area contributed by atoms with Crippen molar-refractivity contribution >= 4 is 33.1 Å². The van der Waals surface area contributed by atoms with Crippen LogP contribution < -0.4 is 27.6 Å². The molecule has 0 aliphatic rings. The maximum absolute atomic E-state index is 13.1. The largest absolute Gasteiger partial charge is 0.322 e. The topological polar surface area (TPSA) is 107 Å². The number of benzene rings is 3. The van der Waals surface area contributed by atoms with E-state index in [0.717, 1.165) is 14.7 Å². The molecule has 1 N–H and O–H groups in total. The van der Waals surface area contributed by atoms with Crippen molar-refractivity contribution in [2.24, 2.45) is 0 Å². The zero-order valence-electron chi connectivity index (χ0n) is 19.3. The molecule has 8 heteroatoms. The summed E-state index contributed by atoms with van der Waals surface area (Å²) >= 11 is 0. The van der Waals surface area contributed by atoms with Crippen LogP contribution in [0.25, 0.3) is 27.2 Å². The van der Waals surface area contributed by atoms with E-state index >= 15 is 0 Å². The molecule has 0 unspecified atom stereocenters. The Labute approximate surface area is 198 Å². The van der Waals surface area contributed by atoms with E-state index in [1.807, 2.05) is 19.1 Å². The average Bonchev–Trinajstić information content (AvgIpc) is 3.23. The normalized spacial score (nSPS) is 11.5. The minimum atomic E-state index is -0.576. The van der Waals surface area contributed by atoms with Gasteiger partial charge in [-0.25, -0.2) is 4.57 Å². The third-order valence-electron chi connectivity index (χ3n) is 6.14. The van der Waals surface area contributed by atoms with E-state index in [1.165, 1.54) is 12.1 Å². The van der Waals surface area contributed by atoms with Crippen molar-refractivity contribution in [3.05, 3.63) is 113 Å². The van der Waals surface area contributed by atoms with Gasteiger partial charge in [-0.2, -0.15) is 0 Å². The molecule has 0 saturated carbocycles. The van der Waals surface area contributed by atoms with Gasteiger partial charge in [0.05, 0.1) is 27.2 Å². The van der Waals surface area contributed by atoms with Crippen LogP contribution in [0.4, 0.5) is 5.69 Å². The number of anilines is 1. The number of hydrogen-bond acceptors (Lipinski definition) is 5. The van der Waals surface area contributed by atoms with E-state index < -0.39 is 22.2 Å². The molecule has 0 fully saturated rings. The van der Waals surface area contributed by atoms with Gasteiger partial charge in [0.2, 0.25) is 0 Å². The highest BCUT2D eigenvalue weighted by Gasteiger charge is 2.21. The second kappa shape index (κ2) is 8.02. The van der Waals surface area contributed by atoms with Crippen molar-refractivity contribution in [3.63, 3.8) is 0 Å². The lowest BCUT2D eigenvalue weighted by molar-refractivity contribution is 0.102. The lowest BCUT2D eigenvalue weighted by Crippen LogP contribution is -2.27. The Bertz CT molecular complexity index is 1750. The maximum Gasteiger partial charge on any atom is 0.266 e. The number of rotatable bonds is 4. The van der Waals surface area contributed by atoms with Crippen molar-refractivity contribution in [2.45, 2.75) is 26.8 Å². The van der Waals surface area contributed by atoms with E-state index in [-0.39, 0.29) is 33.5 Å². The fourth-order valence-electron chi connectivity index (χ4n) is 4.30. The molecule has 0 bridgehead atoms. The van der Waals surface area contributed by atoms with E-state index in [1.54, 1.807) is 50.2 Å². The molecule has 0 saturated heterocycles. The van der Waals surface area contributed by atoms with Crippen LogP contribution in [0.2, 0.25) is 0 Å². The monoisotopic (exact) mass is 467 g/mol. The van der Waals surface area contributed by atoms with Crippen LogP contribution in [0.1, 0.15) is 35.8 Å². The molecule has 2 heterocycles. The highest BCUT2D eigenvalue weighted by molar-refractivity contribution is 6.04. The van der Waals surface area contributed by atoms with Crippen LogP contribution in [0.15, 0.2) is 79.8 Å². The summed E-state index contributed by atoms with van der Waals surface area (Å²) in [5.74, 6) is -0.280. The van der Waals surface area contributed by atoms with Gasteiger partial charge >= 0.3 is 0 Å². The zero-order valence-corrected chi connectivity index (χ0v) is 19.3. The molecule has 8 nitrogen and oxygen atoms in total. The summed E-state index contributed by atoms with van der Waals surface area (Å²) in [4.78, 5) is 64.1. The van der Waals surface area contributed by atoms with Crippen molar-refractivity contribution in [1.82, 2.24) is 9.13 Å². The van der Waals surface area contributed by atoms with Gasteiger partial charge in [-0.3, -0.25) is 28.5 Å². The molecule has 1 amide bonds. The minimum Gasteiger partial charge on any atom is -0.322 e. The summed E-state index contributed by atoms with van der Waals surface area (Å²) in [6.07, 6.45) is 0. The summed E-state index contributed by atoms with van der Waals surface area (Å²) in [5.41, 5.74) is 0.257. The number of nitrogens with one attached hydrogen (secondary N) is 1. The summed E-state index contributed by atoms with van der Waals surface area (Å²) < 4.78 is 2.12. The van der Waals surface area contributed by atoms with E-state index in [0.29, 0.717) is 16.9 Å². The molecule has 0 spiro atoms. The standard InChI is InChI=1S/C27H21N3O5/c1-14(2)29-24(32)19-12-21-22(13-20(19)25(29)33)27(35)30(26(21)34)18-10-8-17(9-11-18)28-23(31)16-6-4-15(3)5-7-16/h4-14H,1-3H3,(H,28,31). The van der Waals surface area contributed by atoms with Crippen molar-refractivity contribution in [3.8, 4) is 5.69 Å². The van der Waals surface area contributed by atoms with Crippen LogP contribution in [0.3, 0.4) is 0 Å². The highest BCUT2D eigenvalue weighted by Crippen LogP contribution is 2.18. The number of hydrogen-bond donors (Lipinski definition) is 1. The molecule has 3 aromatic carbocycles. The molecule has 0 aliphatic heterocycles. The molecular weight excluding hydrogens is 446 g/mol. The lowest BCUT2D eigenvalue weighted by atomic mass is 10.1. The molecule has 35 heavy (non-hydrogen) atoms. The fraction of sp³-hybridized carbons (Fsp3) is 0.148. The number of amides is 1. The fourth-order valence-corrected chi connectivity index (χ4v) is 4.30. The first-order valence-electron chi connectivity index (χ1n) is 11.1. The van der Waals surface area contributed by atoms with Gasteiger partial charge in [-0.05, 0) is 69.3 Å². The molecule has 5 rings (SSSR count). The van der Waals surface area contributed by atoms with Crippen LogP contribution in [-0.2, 0) is 0 Å². The molecule has 0 radical (unpaired) electrons. The first-order valence-corrected chi connectivity index (χ1v) is 11.1. The third-order valence-corrected chi connectivity index (χ3v) is 6.14. The minimum absolute atomic E-state index is 0.0808. The second-order valence-electron chi connectivity index (χ2n) is 8.83. The van der Waals surface area contributed by atoms with Crippen LogP contribution >= 0.6 is 0 Å². The Morgan fingerprint density at radius 3 is 1.69 bits per heavy atom. The Hall–Kier alpha value is -4.59. The molecule has 5 aromatic rings. The highest BCUT2D eigenvalue weighted by atomic mass is 16.2. The first kappa shape index (κ1) is 22.2. The Kier molecular flexibility index (Phi) is 5.09.